The van der Waals surface area contributed by atoms with Crippen LogP contribution in [0.1, 0.15) is 18.1 Å². The molecule has 2 atom stereocenters. The highest BCUT2D eigenvalue weighted by Crippen LogP contribution is 2.18. The van der Waals surface area contributed by atoms with Gasteiger partial charge in [-0.2, -0.15) is 0 Å². The molecule has 1 aliphatic heterocycles. The summed E-state index contributed by atoms with van der Waals surface area (Å²) < 4.78 is 5.07. The lowest BCUT2D eigenvalue weighted by Gasteiger charge is -2.30. The van der Waals surface area contributed by atoms with E-state index in [2.05, 4.69) is 41.4 Å². The fourth-order valence-electron chi connectivity index (χ4n) is 2.72. The summed E-state index contributed by atoms with van der Waals surface area (Å²) in [5.74, 6) is 0. The zero-order valence-electron chi connectivity index (χ0n) is 12.5. The SMILES string of the molecule is COCC(C)NCC(O)CN1CCc2ccccc2C1. The molecule has 0 amide bonds. The van der Waals surface area contributed by atoms with Gasteiger partial charge in [-0.25, -0.2) is 0 Å². The minimum absolute atomic E-state index is 0.275. The second kappa shape index (κ2) is 7.74. The number of aliphatic hydroxyl groups is 1. The van der Waals surface area contributed by atoms with Crippen molar-refractivity contribution < 1.29 is 9.84 Å². The molecule has 4 nitrogen and oxygen atoms in total. The Balaban J connectivity index is 1.74. The summed E-state index contributed by atoms with van der Waals surface area (Å²) in [6, 6.07) is 8.86. The monoisotopic (exact) mass is 278 g/mol. The molecule has 20 heavy (non-hydrogen) atoms. The van der Waals surface area contributed by atoms with Crippen LogP contribution in [0.4, 0.5) is 0 Å². The van der Waals surface area contributed by atoms with Crippen molar-refractivity contribution in [3.05, 3.63) is 35.4 Å². The Labute approximate surface area is 121 Å². The lowest BCUT2D eigenvalue weighted by atomic mass is 10.00. The molecule has 2 rings (SSSR count). The summed E-state index contributed by atoms with van der Waals surface area (Å²) in [5, 5.41) is 13.4. The Bertz CT molecular complexity index is 411. The maximum atomic E-state index is 10.1. The molecular formula is C16H26N2O2. The number of benzene rings is 1. The van der Waals surface area contributed by atoms with E-state index in [-0.39, 0.29) is 12.1 Å². The van der Waals surface area contributed by atoms with Crippen molar-refractivity contribution in [3.63, 3.8) is 0 Å². The first-order chi connectivity index (χ1) is 9.69. The second-order valence-corrected chi connectivity index (χ2v) is 5.67. The minimum atomic E-state index is -0.334. The number of nitrogens with zero attached hydrogens (tertiary/aromatic N) is 1. The number of aliphatic hydroxyl groups excluding tert-OH is 1. The van der Waals surface area contributed by atoms with Crippen LogP contribution in [0.2, 0.25) is 0 Å². The zero-order valence-corrected chi connectivity index (χ0v) is 12.5. The summed E-state index contributed by atoms with van der Waals surface area (Å²) in [6.45, 7) is 6.05. The first-order valence-corrected chi connectivity index (χ1v) is 7.38. The standard InChI is InChI=1S/C16H26N2O2/c1-13(12-20-2)17-9-16(19)11-18-8-7-14-5-3-4-6-15(14)10-18/h3-6,13,16-17,19H,7-12H2,1-2H3. The molecule has 0 bridgehead atoms. The van der Waals surface area contributed by atoms with Crippen LogP contribution < -0.4 is 5.32 Å². The van der Waals surface area contributed by atoms with Gasteiger partial charge in [0.25, 0.3) is 0 Å². The molecule has 1 aliphatic rings. The van der Waals surface area contributed by atoms with Gasteiger partial charge >= 0.3 is 0 Å². The number of nitrogens with one attached hydrogen (secondary N) is 1. The largest absolute Gasteiger partial charge is 0.390 e. The van der Waals surface area contributed by atoms with Crippen molar-refractivity contribution >= 4 is 0 Å². The smallest absolute Gasteiger partial charge is 0.0791 e. The fraction of sp³-hybridized carbons (Fsp3) is 0.625. The first kappa shape index (κ1) is 15.4. The van der Waals surface area contributed by atoms with Gasteiger partial charge in [0.15, 0.2) is 0 Å². The van der Waals surface area contributed by atoms with E-state index in [1.54, 1.807) is 7.11 Å². The van der Waals surface area contributed by atoms with Crippen molar-refractivity contribution in [3.8, 4) is 0 Å². The van der Waals surface area contributed by atoms with Crippen molar-refractivity contribution in [1.29, 1.82) is 0 Å². The van der Waals surface area contributed by atoms with Crippen LogP contribution in [-0.2, 0) is 17.7 Å². The van der Waals surface area contributed by atoms with E-state index in [1.807, 2.05) is 0 Å². The molecule has 1 heterocycles. The average molecular weight is 278 g/mol. The second-order valence-electron chi connectivity index (χ2n) is 5.67. The molecule has 1 aromatic carbocycles. The van der Waals surface area contributed by atoms with Crippen molar-refractivity contribution in [2.75, 3.05) is 33.4 Å². The van der Waals surface area contributed by atoms with Gasteiger partial charge in [-0.15, -0.1) is 0 Å². The van der Waals surface area contributed by atoms with Gasteiger partial charge in [0.1, 0.15) is 0 Å². The number of rotatable bonds is 7. The maximum absolute atomic E-state index is 10.1. The lowest BCUT2D eigenvalue weighted by molar-refractivity contribution is 0.0963. The molecule has 0 aliphatic carbocycles. The molecule has 4 heteroatoms. The third-order valence-corrected chi connectivity index (χ3v) is 3.80. The molecule has 2 unspecified atom stereocenters. The van der Waals surface area contributed by atoms with Crippen molar-refractivity contribution in [2.45, 2.75) is 32.0 Å². The molecule has 112 valence electrons. The van der Waals surface area contributed by atoms with Gasteiger partial charge in [-0.05, 0) is 24.5 Å². The molecule has 0 saturated heterocycles. The van der Waals surface area contributed by atoms with Crippen LogP contribution in [-0.4, -0.2) is 55.5 Å². The molecule has 0 spiro atoms. The van der Waals surface area contributed by atoms with E-state index >= 15 is 0 Å². The van der Waals surface area contributed by atoms with Gasteiger partial charge < -0.3 is 15.2 Å². The fourth-order valence-corrected chi connectivity index (χ4v) is 2.72. The minimum Gasteiger partial charge on any atom is -0.390 e. The number of β-amino-alcohol motifs (C(OH)–C–C–N with tert-alkyl or cyclic N) is 1. The molecule has 0 fully saturated rings. The average Bonchev–Trinajstić information content (AvgIpc) is 2.45. The van der Waals surface area contributed by atoms with E-state index in [1.165, 1.54) is 11.1 Å². The highest BCUT2D eigenvalue weighted by atomic mass is 16.5. The Morgan fingerprint density at radius 2 is 2.10 bits per heavy atom. The third kappa shape index (κ3) is 4.56. The number of hydrogen-bond acceptors (Lipinski definition) is 4. The number of fused-ring (bicyclic) bond motifs is 1. The summed E-state index contributed by atoms with van der Waals surface area (Å²) in [7, 11) is 1.69. The van der Waals surface area contributed by atoms with Crippen LogP contribution in [0, 0.1) is 0 Å². The first-order valence-electron chi connectivity index (χ1n) is 7.38. The Kier molecular flexibility index (Phi) is 5.98. The summed E-state index contributed by atoms with van der Waals surface area (Å²) in [6.07, 6.45) is 0.746. The molecule has 2 N–H and O–H groups in total. The van der Waals surface area contributed by atoms with Crippen molar-refractivity contribution in [2.24, 2.45) is 0 Å². The third-order valence-electron chi connectivity index (χ3n) is 3.80. The van der Waals surface area contributed by atoms with Crippen LogP contribution >= 0.6 is 0 Å². The molecule has 0 saturated carbocycles. The molecular weight excluding hydrogens is 252 g/mol. The summed E-state index contributed by atoms with van der Waals surface area (Å²) in [4.78, 5) is 2.33. The van der Waals surface area contributed by atoms with Crippen LogP contribution in [0.5, 0.6) is 0 Å². The Hall–Kier alpha value is -0.940. The lowest BCUT2D eigenvalue weighted by Crippen LogP contribution is -2.43. The predicted molar refractivity (Wildman–Crippen MR) is 80.8 cm³/mol. The number of hydrogen-bond donors (Lipinski definition) is 2. The van der Waals surface area contributed by atoms with Crippen LogP contribution in [0.15, 0.2) is 24.3 Å². The van der Waals surface area contributed by atoms with E-state index in [0.29, 0.717) is 13.2 Å². The topological polar surface area (TPSA) is 44.7 Å². The Morgan fingerprint density at radius 1 is 1.35 bits per heavy atom. The van der Waals surface area contributed by atoms with E-state index in [0.717, 1.165) is 26.1 Å². The number of ether oxygens (including phenoxy) is 1. The van der Waals surface area contributed by atoms with Crippen molar-refractivity contribution in [1.82, 2.24) is 10.2 Å². The van der Waals surface area contributed by atoms with Gasteiger partial charge in [0, 0.05) is 39.3 Å². The zero-order chi connectivity index (χ0) is 14.4. The maximum Gasteiger partial charge on any atom is 0.0791 e. The van der Waals surface area contributed by atoms with Crippen LogP contribution in [0.3, 0.4) is 0 Å². The van der Waals surface area contributed by atoms with Crippen LogP contribution in [0.25, 0.3) is 0 Å². The molecule has 0 radical (unpaired) electrons. The quantitative estimate of drug-likeness (QED) is 0.782. The van der Waals surface area contributed by atoms with Gasteiger partial charge in [0.05, 0.1) is 12.7 Å². The predicted octanol–water partition coefficient (Wildman–Crippen LogP) is 1.03. The highest BCUT2D eigenvalue weighted by Gasteiger charge is 2.18. The summed E-state index contributed by atoms with van der Waals surface area (Å²) in [5.41, 5.74) is 2.84. The molecule has 0 aromatic heterocycles. The Morgan fingerprint density at radius 3 is 2.85 bits per heavy atom. The highest BCUT2D eigenvalue weighted by molar-refractivity contribution is 5.29. The van der Waals surface area contributed by atoms with Gasteiger partial charge in [-0.3, -0.25) is 4.90 Å². The normalized spacial score (nSPS) is 18.6. The van der Waals surface area contributed by atoms with E-state index < -0.39 is 0 Å². The van der Waals surface area contributed by atoms with E-state index in [9.17, 15) is 5.11 Å². The van der Waals surface area contributed by atoms with E-state index in [4.69, 9.17) is 4.74 Å². The molecule has 1 aromatic rings. The number of methoxy groups -OCH3 is 1. The van der Waals surface area contributed by atoms with Gasteiger partial charge in [-0.1, -0.05) is 24.3 Å². The van der Waals surface area contributed by atoms with Gasteiger partial charge in [0.2, 0.25) is 0 Å². The summed E-state index contributed by atoms with van der Waals surface area (Å²) >= 11 is 0.